The summed E-state index contributed by atoms with van der Waals surface area (Å²) in [5.74, 6) is 1.53. The third kappa shape index (κ3) is 3.71. The van der Waals surface area contributed by atoms with Crippen LogP contribution in [0, 0.1) is 6.92 Å². The molecule has 0 fully saturated rings. The average Bonchev–Trinajstić information content (AvgIpc) is 3.05. The number of furan rings is 1. The molecule has 0 spiro atoms. The Morgan fingerprint density at radius 2 is 2.30 bits per heavy atom. The predicted molar refractivity (Wildman–Crippen MR) is 73.9 cm³/mol. The summed E-state index contributed by atoms with van der Waals surface area (Å²) in [5.41, 5.74) is 6.03. The Morgan fingerprint density at radius 1 is 1.45 bits per heavy atom. The molecule has 0 radical (unpaired) electrons. The topological polar surface area (TPSA) is 94.3 Å². The maximum atomic E-state index is 11.8. The standard InChI is InChI=1S/C14H19N3O3/c1-10-11(9-13(18)16-7-3-2-6-15)17-14(20-10)12-5-4-8-19-12/h4-5,8H,2-3,6-7,9,15H2,1H3,(H,16,18). The highest BCUT2D eigenvalue weighted by Crippen LogP contribution is 2.22. The van der Waals surface area contributed by atoms with Gasteiger partial charge in [-0.1, -0.05) is 0 Å². The van der Waals surface area contributed by atoms with Crippen LogP contribution in [0.1, 0.15) is 24.3 Å². The van der Waals surface area contributed by atoms with Crippen molar-refractivity contribution >= 4 is 5.91 Å². The van der Waals surface area contributed by atoms with Gasteiger partial charge in [-0.25, -0.2) is 4.98 Å². The Bertz CT molecular complexity index is 546. The Kier molecular flexibility index (Phi) is 4.95. The maximum Gasteiger partial charge on any atom is 0.263 e. The normalized spacial score (nSPS) is 10.7. The van der Waals surface area contributed by atoms with Crippen LogP contribution in [-0.2, 0) is 11.2 Å². The van der Waals surface area contributed by atoms with Gasteiger partial charge in [-0.15, -0.1) is 0 Å². The minimum atomic E-state index is -0.0654. The number of carbonyl (C=O) groups excluding carboxylic acids is 1. The first-order valence-electron chi connectivity index (χ1n) is 6.67. The minimum Gasteiger partial charge on any atom is -0.459 e. The summed E-state index contributed by atoms with van der Waals surface area (Å²) in [4.78, 5) is 16.1. The molecule has 0 aromatic carbocycles. The largest absolute Gasteiger partial charge is 0.459 e. The lowest BCUT2D eigenvalue weighted by atomic mass is 10.2. The number of aryl methyl sites for hydroxylation is 1. The molecule has 2 heterocycles. The Balaban J connectivity index is 1.91. The SMILES string of the molecule is Cc1oc(-c2ccco2)nc1CC(=O)NCCCCN. The van der Waals surface area contributed by atoms with Gasteiger partial charge in [0.15, 0.2) is 5.76 Å². The molecule has 0 aliphatic heterocycles. The van der Waals surface area contributed by atoms with Crippen molar-refractivity contribution < 1.29 is 13.6 Å². The Hall–Kier alpha value is -2.08. The molecular formula is C14H19N3O3. The Labute approximate surface area is 117 Å². The number of aromatic nitrogens is 1. The van der Waals surface area contributed by atoms with Gasteiger partial charge in [-0.3, -0.25) is 4.79 Å². The second kappa shape index (κ2) is 6.91. The molecule has 6 nitrogen and oxygen atoms in total. The summed E-state index contributed by atoms with van der Waals surface area (Å²) < 4.78 is 10.7. The second-order valence-electron chi connectivity index (χ2n) is 4.52. The van der Waals surface area contributed by atoms with Crippen LogP contribution in [0.2, 0.25) is 0 Å². The fourth-order valence-electron chi connectivity index (χ4n) is 1.81. The molecular weight excluding hydrogens is 258 g/mol. The van der Waals surface area contributed by atoms with E-state index >= 15 is 0 Å². The van der Waals surface area contributed by atoms with E-state index in [2.05, 4.69) is 10.3 Å². The number of nitrogens with one attached hydrogen (secondary N) is 1. The van der Waals surface area contributed by atoms with Gasteiger partial charge >= 0.3 is 0 Å². The number of unbranched alkanes of at least 4 members (excludes halogenated alkanes) is 1. The molecule has 0 aliphatic carbocycles. The number of hydrogen-bond acceptors (Lipinski definition) is 5. The first kappa shape index (κ1) is 14.3. The number of nitrogens with zero attached hydrogens (tertiary/aromatic N) is 1. The molecule has 0 saturated carbocycles. The molecule has 3 N–H and O–H groups in total. The molecule has 0 aliphatic rings. The van der Waals surface area contributed by atoms with Crippen LogP contribution in [0.15, 0.2) is 27.2 Å². The van der Waals surface area contributed by atoms with Gasteiger partial charge in [0.05, 0.1) is 18.4 Å². The number of rotatable bonds is 7. The molecule has 108 valence electrons. The van der Waals surface area contributed by atoms with E-state index in [0.29, 0.717) is 36.2 Å². The van der Waals surface area contributed by atoms with Crippen molar-refractivity contribution in [3.05, 3.63) is 29.9 Å². The lowest BCUT2D eigenvalue weighted by Crippen LogP contribution is -2.26. The number of carbonyl (C=O) groups is 1. The fraction of sp³-hybridized carbons (Fsp3) is 0.429. The van der Waals surface area contributed by atoms with Crippen molar-refractivity contribution in [3.8, 4) is 11.7 Å². The maximum absolute atomic E-state index is 11.8. The van der Waals surface area contributed by atoms with Gasteiger partial charge in [0.2, 0.25) is 5.91 Å². The molecule has 6 heteroatoms. The summed E-state index contributed by atoms with van der Waals surface area (Å²) in [7, 11) is 0. The first-order valence-corrected chi connectivity index (χ1v) is 6.67. The summed E-state index contributed by atoms with van der Waals surface area (Å²) >= 11 is 0. The third-order valence-electron chi connectivity index (χ3n) is 2.91. The zero-order valence-electron chi connectivity index (χ0n) is 11.5. The van der Waals surface area contributed by atoms with Crippen molar-refractivity contribution in [3.63, 3.8) is 0 Å². The molecule has 0 saturated heterocycles. The van der Waals surface area contributed by atoms with E-state index < -0.39 is 0 Å². The third-order valence-corrected chi connectivity index (χ3v) is 2.91. The van der Waals surface area contributed by atoms with E-state index in [0.717, 1.165) is 12.8 Å². The monoisotopic (exact) mass is 277 g/mol. The van der Waals surface area contributed by atoms with Crippen molar-refractivity contribution in [1.82, 2.24) is 10.3 Å². The van der Waals surface area contributed by atoms with Crippen molar-refractivity contribution in [2.24, 2.45) is 5.73 Å². The molecule has 1 amide bonds. The van der Waals surface area contributed by atoms with Crippen molar-refractivity contribution in [1.29, 1.82) is 0 Å². The van der Waals surface area contributed by atoms with E-state index in [1.54, 1.807) is 25.3 Å². The highest BCUT2D eigenvalue weighted by Gasteiger charge is 2.15. The Morgan fingerprint density at radius 3 is 3.00 bits per heavy atom. The number of nitrogens with two attached hydrogens (primary N) is 1. The molecule has 20 heavy (non-hydrogen) atoms. The van der Waals surface area contributed by atoms with Crippen molar-refractivity contribution in [2.45, 2.75) is 26.2 Å². The van der Waals surface area contributed by atoms with Gasteiger partial charge in [-0.05, 0) is 38.4 Å². The van der Waals surface area contributed by atoms with Gasteiger partial charge < -0.3 is 19.9 Å². The summed E-state index contributed by atoms with van der Waals surface area (Å²) in [6.45, 7) is 3.07. The lowest BCUT2D eigenvalue weighted by molar-refractivity contribution is -0.120. The summed E-state index contributed by atoms with van der Waals surface area (Å²) in [5, 5.41) is 2.84. The highest BCUT2D eigenvalue weighted by atomic mass is 16.4. The molecule has 2 aromatic heterocycles. The van der Waals surface area contributed by atoms with Crippen molar-refractivity contribution in [2.75, 3.05) is 13.1 Å². The average molecular weight is 277 g/mol. The highest BCUT2D eigenvalue weighted by molar-refractivity contribution is 5.78. The number of amides is 1. The number of oxazole rings is 1. The smallest absolute Gasteiger partial charge is 0.263 e. The van der Waals surface area contributed by atoms with E-state index in [1.807, 2.05) is 0 Å². The molecule has 0 bridgehead atoms. The van der Waals surface area contributed by atoms with Crippen LogP contribution in [-0.4, -0.2) is 24.0 Å². The predicted octanol–water partition coefficient (Wildman–Crippen LogP) is 1.64. The quantitative estimate of drug-likeness (QED) is 0.750. The zero-order valence-corrected chi connectivity index (χ0v) is 11.5. The molecule has 0 unspecified atom stereocenters. The van der Waals surface area contributed by atoms with E-state index in [-0.39, 0.29) is 12.3 Å². The van der Waals surface area contributed by atoms with E-state index in [4.69, 9.17) is 14.6 Å². The van der Waals surface area contributed by atoms with E-state index in [9.17, 15) is 4.79 Å². The van der Waals surface area contributed by atoms with Crippen LogP contribution in [0.3, 0.4) is 0 Å². The minimum absolute atomic E-state index is 0.0654. The van der Waals surface area contributed by atoms with Gasteiger partial charge in [0, 0.05) is 6.54 Å². The van der Waals surface area contributed by atoms with Crippen LogP contribution < -0.4 is 11.1 Å². The first-order chi connectivity index (χ1) is 9.70. The fourth-order valence-corrected chi connectivity index (χ4v) is 1.81. The van der Waals surface area contributed by atoms with E-state index in [1.165, 1.54) is 0 Å². The van der Waals surface area contributed by atoms with Crippen LogP contribution >= 0.6 is 0 Å². The molecule has 2 aromatic rings. The summed E-state index contributed by atoms with van der Waals surface area (Å²) in [6, 6.07) is 3.53. The van der Waals surface area contributed by atoms with Gasteiger partial charge in [-0.2, -0.15) is 0 Å². The van der Waals surface area contributed by atoms with Gasteiger partial charge in [0.25, 0.3) is 5.89 Å². The van der Waals surface area contributed by atoms with Crippen LogP contribution in [0.4, 0.5) is 0 Å². The van der Waals surface area contributed by atoms with Crippen LogP contribution in [0.25, 0.3) is 11.7 Å². The number of hydrogen-bond donors (Lipinski definition) is 2. The lowest BCUT2D eigenvalue weighted by Gasteiger charge is -2.03. The molecule has 2 rings (SSSR count). The zero-order chi connectivity index (χ0) is 14.4. The molecule has 0 atom stereocenters. The second-order valence-corrected chi connectivity index (χ2v) is 4.52. The van der Waals surface area contributed by atoms with Gasteiger partial charge in [0.1, 0.15) is 5.76 Å². The summed E-state index contributed by atoms with van der Waals surface area (Å²) in [6.07, 6.45) is 3.56. The van der Waals surface area contributed by atoms with Crippen LogP contribution in [0.5, 0.6) is 0 Å².